The van der Waals surface area contributed by atoms with E-state index in [1.165, 1.54) is 0 Å². The van der Waals surface area contributed by atoms with Crippen molar-refractivity contribution < 1.29 is 14.3 Å². The van der Waals surface area contributed by atoms with Crippen LogP contribution in [-0.2, 0) is 0 Å². The third-order valence-corrected chi connectivity index (χ3v) is 5.10. The van der Waals surface area contributed by atoms with E-state index in [1.54, 1.807) is 42.4 Å². The summed E-state index contributed by atoms with van der Waals surface area (Å²) in [4.78, 5) is 19.4. The number of benzene rings is 1. The van der Waals surface area contributed by atoms with E-state index in [4.69, 9.17) is 9.47 Å². The molecule has 8 nitrogen and oxygen atoms in total. The lowest BCUT2D eigenvalue weighted by atomic mass is 10.2. The fourth-order valence-electron chi connectivity index (χ4n) is 3.23. The molecule has 0 radical (unpaired) electrons. The van der Waals surface area contributed by atoms with Gasteiger partial charge in [-0.3, -0.25) is 4.79 Å². The zero-order valence-electron chi connectivity index (χ0n) is 18.5. The number of rotatable bonds is 10. The van der Waals surface area contributed by atoms with E-state index < -0.39 is 0 Å². The van der Waals surface area contributed by atoms with Crippen molar-refractivity contribution in [3.05, 3.63) is 60.0 Å². The van der Waals surface area contributed by atoms with Gasteiger partial charge in [0, 0.05) is 24.5 Å². The van der Waals surface area contributed by atoms with Crippen LogP contribution < -0.4 is 14.8 Å². The molecule has 1 aromatic carbocycles. The van der Waals surface area contributed by atoms with Gasteiger partial charge in [-0.15, -0.1) is 0 Å². The standard InChI is InChI=1S/C23H29N5O3/c1-5-27(6-2)13-14-31-21-15-18(10-11-20(21)30-4)26-23(29)19-16-25-28(17(19)3)22-9-7-8-12-24-22/h7-12,15-16H,5-6,13-14H2,1-4H3,(H,26,29). The molecule has 3 rings (SSSR count). The maximum absolute atomic E-state index is 12.9. The Morgan fingerprint density at radius 3 is 2.65 bits per heavy atom. The summed E-state index contributed by atoms with van der Waals surface area (Å²) in [5.41, 5.74) is 1.81. The molecule has 8 heteroatoms. The second-order valence-corrected chi connectivity index (χ2v) is 6.94. The summed E-state index contributed by atoms with van der Waals surface area (Å²) >= 11 is 0. The van der Waals surface area contributed by atoms with Crippen molar-refractivity contribution in [2.24, 2.45) is 0 Å². The summed E-state index contributed by atoms with van der Waals surface area (Å²) in [6, 6.07) is 10.9. The summed E-state index contributed by atoms with van der Waals surface area (Å²) in [7, 11) is 1.60. The van der Waals surface area contributed by atoms with Gasteiger partial charge < -0.3 is 19.7 Å². The number of ether oxygens (including phenoxy) is 2. The van der Waals surface area contributed by atoms with Gasteiger partial charge in [0.1, 0.15) is 6.61 Å². The molecule has 0 bridgehead atoms. The molecule has 2 aromatic heterocycles. The quantitative estimate of drug-likeness (QED) is 0.537. The number of nitrogens with zero attached hydrogens (tertiary/aromatic N) is 4. The van der Waals surface area contributed by atoms with Gasteiger partial charge in [-0.2, -0.15) is 5.10 Å². The molecule has 0 saturated carbocycles. The van der Waals surface area contributed by atoms with Crippen molar-refractivity contribution in [3.8, 4) is 17.3 Å². The fourth-order valence-corrected chi connectivity index (χ4v) is 3.23. The van der Waals surface area contributed by atoms with Gasteiger partial charge in [0.15, 0.2) is 17.3 Å². The normalized spacial score (nSPS) is 10.9. The molecule has 0 aliphatic rings. The van der Waals surface area contributed by atoms with Gasteiger partial charge in [-0.25, -0.2) is 9.67 Å². The first kappa shape index (κ1) is 22.3. The Labute approximate surface area is 182 Å². The molecular formula is C23H29N5O3. The minimum Gasteiger partial charge on any atom is -0.493 e. The molecule has 2 heterocycles. The largest absolute Gasteiger partial charge is 0.493 e. The molecule has 1 amide bonds. The number of anilines is 1. The Bertz CT molecular complexity index is 1000. The van der Waals surface area contributed by atoms with Crippen molar-refractivity contribution in [2.75, 3.05) is 38.7 Å². The Balaban J connectivity index is 1.72. The third kappa shape index (κ3) is 5.40. The van der Waals surface area contributed by atoms with Gasteiger partial charge >= 0.3 is 0 Å². The first-order valence-corrected chi connectivity index (χ1v) is 10.4. The predicted octanol–water partition coefficient (Wildman–Crippen LogP) is 3.56. The molecule has 3 aromatic rings. The Morgan fingerprint density at radius 1 is 1.16 bits per heavy atom. The fraction of sp³-hybridized carbons (Fsp3) is 0.348. The van der Waals surface area contributed by atoms with Crippen molar-refractivity contribution >= 4 is 11.6 Å². The molecule has 164 valence electrons. The monoisotopic (exact) mass is 423 g/mol. The lowest BCUT2D eigenvalue weighted by molar-refractivity contribution is 0.102. The number of methoxy groups -OCH3 is 1. The molecule has 0 spiro atoms. The van der Waals surface area contributed by atoms with E-state index in [1.807, 2.05) is 25.1 Å². The Hall–Kier alpha value is -3.39. The lowest BCUT2D eigenvalue weighted by Crippen LogP contribution is -2.28. The van der Waals surface area contributed by atoms with Crippen molar-refractivity contribution in [2.45, 2.75) is 20.8 Å². The summed E-state index contributed by atoms with van der Waals surface area (Å²) in [6.07, 6.45) is 3.24. The summed E-state index contributed by atoms with van der Waals surface area (Å²) in [5.74, 6) is 1.62. The average molecular weight is 424 g/mol. The summed E-state index contributed by atoms with van der Waals surface area (Å²) in [6.45, 7) is 9.38. The van der Waals surface area contributed by atoms with Crippen LogP contribution in [0.2, 0.25) is 0 Å². The maximum atomic E-state index is 12.9. The van der Waals surface area contributed by atoms with E-state index in [0.29, 0.717) is 40.9 Å². The molecule has 0 aliphatic carbocycles. The summed E-state index contributed by atoms with van der Waals surface area (Å²) < 4.78 is 13.0. The second-order valence-electron chi connectivity index (χ2n) is 6.94. The molecule has 0 atom stereocenters. The molecule has 1 N–H and O–H groups in total. The number of hydrogen-bond acceptors (Lipinski definition) is 6. The number of amides is 1. The van der Waals surface area contributed by atoms with Crippen LogP contribution in [0.3, 0.4) is 0 Å². The average Bonchev–Trinajstić information content (AvgIpc) is 3.19. The van der Waals surface area contributed by atoms with Gasteiger partial charge in [0.2, 0.25) is 0 Å². The highest BCUT2D eigenvalue weighted by molar-refractivity contribution is 6.05. The SMILES string of the molecule is CCN(CC)CCOc1cc(NC(=O)c2cnn(-c3ccccn3)c2C)ccc1OC. The first-order chi connectivity index (χ1) is 15.1. The number of likely N-dealkylation sites (N-methyl/N-ethyl adjacent to an activating group) is 1. The number of carbonyl (C=O) groups excluding carboxylic acids is 1. The van der Waals surface area contributed by atoms with Crippen LogP contribution in [0, 0.1) is 6.92 Å². The van der Waals surface area contributed by atoms with Gasteiger partial charge in [-0.1, -0.05) is 19.9 Å². The van der Waals surface area contributed by atoms with Crippen molar-refractivity contribution in [1.82, 2.24) is 19.7 Å². The molecular weight excluding hydrogens is 394 g/mol. The molecule has 0 unspecified atom stereocenters. The maximum Gasteiger partial charge on any atom is 0.259 e. The second kappa shape index (κ2) is 10.6. The van der Waals surface area contributed by atoms with Gasteiger partial charge in [-0.05, 0) is 44.3 Å². The number of aromatic nitrogens is 3. The third-order valence-electron chi connectivity index (χ3n) is 5.10. The highest BCUT2D eigenvalue weighted by Gasteiger charge is 2.17. The minimum atomic E-state index is -0.251. The van der Waals surface area contributed by atoms with E-state index in [9.17, 15) is 4.79 Å². The van der Waals surface area contributed by atoms with Crippen LogP contribution in [0.25, 0.3) is 5.82 Å². The van der Waals surface area contributed by atoms with Crippen molar-refractivity contribution in [3.63, 3.8) is 0 Å². The predicted molar refractivity (Wildman–Crippen MR) is 120 cm³/mol. The number of nitrogens with one attached hydrogen (secondary N) is 1. The number of hydrogen-bond donors (Lipinski definition) is 1. The lowest BCUT2D eigenvalue weighted by Gasteiger charge is -2.19. The molecule has 0 fully saturated rings. The smallest absolute Gasteiger partial charge is 0.259 e. The first-order valence-electron chi connectivity index (χ1n) is 10.4. The van der Waals surface area contributed by atoms with Gasteiger partial charge in [0.05, 0.1) is 24.6 Å². The highest BCUT2D eigenvalue weighted by Crippen LogP contribution is 2.30. The van der Waals surface area contributed by atoms with Gasteiger partial charge in [0.25, 0.3) is 5.91 Å². The summed E-state index contributed by atoms with van der Waals surface area (Å²) in [5, 5.41) is 7.23. The molecule has 31 heavy (non-hydrogen) atoms. The topological polar surface area (TPSA) is 81.5 Å². The van der Waals surface area contributed by atoms with Crippen LogP contribution in [0.15, 0.2) is 48.8 Å². The Morgan fingerprint density at radius 2 is 1.97 bits per heavy atom. The van der Waals surface area contributed by atoms with Crippen LogP contribution in [0.1, 0.15) is 29.9 Å². The number of pyridine rings is 1. The molecule has 0 aliphatic heterocycles. The van der Waals surface area contributed by atoms with Crippen LogP contribution in [-0.4, -0.2) is 58.9 Å². The van der Waals surface area contributed by atoms with Crippen LogP contribution in [0.4, 0.5) is 5.69 Å². The van der Waals surface area contributed by atoms with E-state index in [-0.39, 0.29) is 5.91 Å². The van der Waals surface area contributed by atoms with Crippen LogP contribution in [0.5, 0.6) is 11.5 Å². The zero-order valence-corrected chi connectivity index (χ0v) is 18.5. The number of carbonyl (C=O) groups is 1. The van der Waals surface area contributed by atoms with E-state index in [0.717, 1.165) is 19.6 Å². The van der Waals surface area contributed by atoms with Crippen LogP contribution >= 0.6 is 0 Å². The minimum absolute atomic E-state index is 0.251. The molecule has 0 saturated heterocycles. The van der Waals surface area contributed by atoms with E-state index in [2.05, 4.69) is 34.1 Å². The highest BCUT2D eigenvalue weighted by atomic mass is 16.5. The van der Waals surface area contributed by atoms with E-state index >= 15 is 0 Å². The van der Waals surface area contributed by atoms with Crippen molar-refractivity contribution in [1.29, 1.82) is 0 Å². The Kier molecular flexibility index (Phi) is 7.61. The zero-order chi connectivity index (χ0) is 22.2.